The van der Waals surface area contributed by atoms with Crippen molar-refractivity contribution in [3.63, 3.8) is 0 Å². The summed E-state index contributed by atoms with van der Waals surface area (Å²) >= 11 is 5.40. The van der Waals surface area contributed by atoms with Crippen LogP contribution in [0.5, 0.6) is 0 Å². The largest absolute Gasteiger partial charge is 0.297 e. The van der Waals surface area contributed by atoms with Crippen molar-refractivity contribution in [2.75, 3.05) is 12.9 Å². The zero-order valence-electron chi connectivity index (χ0n) is 10.8. The van der Waals surface area contributed by atoms with E-state index in [4.69, 9.17) is 11.6 Å². The van der Waals surface area contributed by atoms with Gasteiger partial charge in [0.1, 0.15) is 0 Å². The lowest BCUT2D eigenvalue weighted by atomic mass is 10.2. The maximum Gasteiger partial charge on any atom is 0.269 e. The molecule has 0 radical (unpaired) electrons. The number of halogens is 1. The summed E-state index contributed by atoms with van der Waals surface area (Å²) in [5.74, 6) is -0.721. The molecule has 0 fully saturated rings. The molecule has 0 aliphatic heterocycles. The van der Waals surface area contributed by atoms with Crippen LogP contribution in [0, 0.1) is 10.1 Å². The summed E-state index contributed by atoms with van der Waals surface area (Å²) in [5.41, 5.74) is -0.212. The van der Waals surface area contributed by atoms with Crippen molar-refractivity contribution in [2.45, 2.75) is 17.9 Å². The normalized spacial score (nSPS) is 13.2. The lowest BCUT2D eigenvalue weighted by Crippen LogP contribution is -2.40. The van der Waals surface area contributed by atoms with Crippen LogP contribution in [0.15, 0.2) is 29.2 Å². The van der Waals surface area contributed by atoms with Crippen LogP contribution in [-0.2, 0) is 14.8 Å². The van der Waals surface area contributed by atoms with Crippen molar-refractivity contribution in [1.29, 1.82) is 0 Å². The number of non-ortho nitro benzene ring substituents is 1. The Morgan fingerprint density at radius 2 is 1.90 bits per heavy atom. The van der Waals surface area contributed by atoms with E-state index in [9.17, 15) is 23.3 Å². The average Bonchev–Trinajstić information content (AvgIpc) is 2.44. The van der Waals surface area contributed by atoms with Gasteiger partial charge in [-0.3, -0.25) is 14.9 Å². The van der Waals surface area contributed by atoms with Crippen molar-refractivity contribution < 1.29 is 18.1 Å². The number of ketones is 1. The molecular weight excluding hydrogens is 308 g/mol. The van der Waals surface area contributed by atoms with E-state index >= 15 is 0 Å². The molecule has 0 saturated carbocycles. The maximum atomic E-state index is 12.2. The second-order valence-electron chi connectivity index (χ2n) is 4.05. The standard InChI is InChI=1S/C11H13ClN2O5S/c1-8(11(15)7-12)13(2)20(18,19)10-5-3-9(4-6-10)14(16)17/h3-6,8H,7H2,1-2H3/t8-/m0/s1. The molecule has 20 heavy (non-hydrogen) atoms. The van der Waals surface area contributed by atoms with Gasteiger partial charge in [-0.05, 0) is 19.1 Å². The number of Topliss-reactive ketones (excluding diaryl/α,β-unsaturated/α-hetero) is 1. The van der Waals surface area contributed by atoms with Crippen LogP contribution < -0.4 is 0 Å². The number of alkyl halides is 1. The van der Waals surface area contributed by atoms with Gasteiger partial charge in [0.15, 0.2) is 5.78 Å². The van der Waals surface area contributed by atoms with Crippen molar-refractivity contribution in [2.24, 2.45) is 0 Å². The van der Waals surface area contributed by atoms with E-state index in [0.717, 1.165) is 28.6 Å². The van der Waals surface area contributed by atoms with Crippen LogP contribution in [0.3, 0.4) is 0 Å². The number of likely N-dealkylation sites (N-methyl/N-ethyl adjacent to an activating group) is 1. The zero-order chi connectivity index (χ0) is 15.5. The molecule has 0 aliphatic carbocycles. The van der Waals surface area contributed by atoms with Crippen LogP contribution in [0.2, 0.25) is 0 Å². The van der Waals surface area contributed by atoms with Gasteiger partial charge in [-0.1, -0.05) is 0 Å². The maximum absolute atomic E-state index is 12.2. The summed E-state index contributed by atoms with van der Waals surface area (Å²) in [6.07, 6.45) is 0. The quantitative estimate of drug-likeness (QED) is 0.448. The van der Waals surface area contributed by atoms with E-state index in [-0.39, 0.29) is 16.5 Å². The number of carbonyl (C=O) groups is 1. The van der Waals surface area contributed by atoms with Gasteiger partial charge in [0.05, 0.1) is 21.7 Å². The van der Waals surface area contributed by atoms with E-state index in [2.05, 4.69) is 0 Å². The van der Waals surface area contributed by atoms with Gasteiger partial charge in [-0.15, -0.1) is 11.6 Å². The molecule has 1 rings (SSSR count). The summed E-state index contributed by atoms with van der Waals surface area (Å²) in [4.78, 5) is 21.2. The average molecular weight is 321 g/mol. The number of sulfonamides is 1. The molecule has 0 heterocycles. The van der Waals surface area contributed by atoms with E-state index in [1.54, 1.807) is 0 Å². The molecule has 1 atom stereocenters. The summed E-state index contributed by atoms with van der Waals surface area (Å²) in [7, 11) is -2.65. The van der Waals surface area contributed by atoms with Gasteiger partial charge < -0.3 is 0 Å². The zero-order valence-corrected chi connectivity index (χ0v) is 12.4. The molecule has 1 aromatic carbocycles. The Morgan fingerprint density at radius 1 is 1.40 bits per heavy atom. The van der Waals surface area contributed by atoms with Crippen LogP contribution >= 0.6 is 11.6 Å². The van der Waals surface area contributed by atoms with Gasteiger partial charge >= 0.3 is 0 Å². The predicted molar refractivity (Wildman–Crippen MR) is 73.2 cm³/mol. The molecule has 1 aromatic rings. The van der Waals surface area contributed by atoms with Gasteiger partial charge in [0, 0.05) is 19.2 Å². The SMILES string of the molecule is C[C@@H](C(=O)CCl)N(C)S(=O)(=O)c1ccc([N+](=O)[O-])cc1. The first-order valence-electron chi connectivity index (χ1n) is 5.53. The fourth-order valence-electron chi connectivity index (χ4n) is 1.43. The molecule has 7 nitrogen and oxygen atoms in total. The van der Waals surface area contributed by atoms with Crippen molar-refractivity contribution in [1.82, 2.24) is 4.31 Å². The molecule has 9 heteroatoms. The van der Waals surface area contributed by atoms with Gasteiger partial charge in [-0.2, -0.15) is 4.31 Å². The number of carbonyl (C=O) groups excluding carboxylic acids is 1. The lowest BCUT2D eigenvalue weighted by molar-refractivity contribution is -0.384. The first kappa shape index (κ1) is 16.5. The molecule has 0 N–H and O–H groups in total. The van der Waals surface area contributed by atoms with Gasteiger partial charge in [0.25, 0.3) is 5.69 Å². The molecule has 0 saturated heterocycles. The summed E-state index contributed by atoms with van der Waals surface area (Å²) < 4.78 is 25.4. The molecule has 0 aromatic heterocycles. The second-order valence-corrected chi connectivity index (χ2v) is 6.31. The fraction of sp³-hybridized carbons (Fsp3) is 0.364. The number of nitro benzene ring substituents is 1. The first-order chi connectivity index (χ1) is 9.21. The Balaban J connectivity index is 3.10. The highest BCUT2D eigenvalue weighted by Crippen LogP contribution is 2.20. The van der Waals surface area contributed by atoms with Crippen LogP contribution in [-0.4, -0.2) is 42.4 Å². The van der Waals surface area contributed by atoms with Crippen LogP contribution in [0.25, 0.3) is 0 Å². The number of hydrogen-bond donors (Lipinski definition) is 0. The third-order valence-electron chi connectivity index (χ3n) is 2.87. The van der Waals surface area contributed by atoms with Crippen LogP contribution in [0.1, 0.15) is 6.92 Å². The Hall–Kier alpha value is -1.51. The molecule has 0 spiro atoms. The van der Waals surface area contributed by atoms with E-state index in [1.165, 1.54) is 14.0 Å². The number of nitro groups is 1. The van der Waals surface area contributed by atoms with E-state index < -0.39 is 26.8 Å². The van der Waals surface area contributed by atoms with Crippen molar-refractivity contribution >= 4 is 33.1 Å². The summed E-state index contributed by atoms with van der Waals surface area (Å²) in [6.45, 7) is 1.42. The highest BCUT2D eigenvalue weighted by Gasteiger charge is 2.29. The highest BCUT2D eigenvalue weighted by molar-refractivity contribution is 7.89. The lowest BCUT2D eigenvalue weighted by Gasteiger charge is -2.22. The minimum atomic E-state index is -3.90. The minimum Gasteiger partial charge on any atom is -0.297 e. The Morgan fingerprint density at radius 3 is 2.30 bits per heavy atom. The molecular formula is C11H13ClN2O5S. The van der Waals surface area contributed by atoms with Crippen molar-refractivity contribution in [3.05, 3.63) is 34.4 Å². The number of nitrogens with zero attached hydrogens (tertiary/aromatic N) is 2. The number of hydrogen-bond acceptors (Lipinski definition) is 5. The van der Waals surface area contributed by atoms with Gasteiger partial charge in [-0.25, -0.2) is 8.42 Å². The summed E-state index contributed by atoms with van der Waals surface area (Å²) in [6, 6.07) is 3.53. The molecule has 0 amide bonds. The van der Waals surface area contributed by atoms with E-state index in [1.807, 2.05) is 0 Å². The Labute approximate surface area is 121 Å². The molecule has 110 valence electrons. The smallest absolute Gasteiger partial charge is 0.269 e. The monoisotopic (exact) mass is 320 g/mol. The van der Waals surface area contributed by atoms with E-state index in [0.29, 0.717) is 0 Å². The topological polar surface area (TPSA) is 97.6 Å². The first-order valence-corrected chi connectivity index (χ1v) is 7.50. The van der Waals surface area contributed by atoms with Gasteiger partial charge in [0.2, 0.25) is 10.0 Å². The molecule has 0 aliphatic rings. The fourth-order valence-corrected chi connectivity index (χ4v) is 3.00. The third kappa shape index (κ3) is 3.33. The predicted octanol–water partition coefficient (Wildman–Crippen LogP) is 1.41. The number of benzene rings is 1. The van der Waals surface area contributed by atoms with Crippen molar-refractivity contribution in [3.8, 4) is 0 Å². The minimum absolute atomic E-state index is 0.125. The number of rotatable bonds is 6. The highest BCUT2D eigenvalue weighted by atomic mass is 35.5. The van der Waals surface area contributed by atoms with Crippen LogP contribution in [0.4, 0.5) is 5.69 Å². The molecule has 0 unspecified atom stereocenters. The summed E-state index contributed by atoms with van der Waals surface area (Å²) in [5, 5.41) is 10.5. The molecule has 0 bridgehead atoms. The Kier molecular flexibility index (Phi) is 5.21. The Bertz CT molecular complexity index is 614. The second kappa shape index (κ2) is 6.29. The third-order valence-corrected chi connectivity index (χ3v) is 5.07.